The van der Waals surface area contributed by atoms with Crippen LogP contribution in [0.2, 0.25) is 0 Å². The summed E-state index contributed by atoms with van der Waals surface area (Å²) >= 11 is 10.8. The molecule has 0 fully saturated rings. The summed E-state index contributed by atoms with van der Waals surface area (Å²) in [4.78, 5) is 10.4. The van der Waals surface area contributed by atoms with Gasteiger partial charge in [-0.15, -0.1) is 11.6 Å². The van der Waals surface area contributed by atoms with Crippen LogP contribution < -0.4 is 0 Å². The highest BCUT2D eigenvalue weighted by Crippen LogP contribution is 2.14. The Morgan fingerprint density at radius 3 is 2.50 bits per heavy atom. The van der Waals surface area contributed by atoms with Gasteiger partial charge in [-0.1, -0.05) is 13.3 Å². The van der Waals surface area contributed by atoms with Gasteiger partial charge in [0.15, 0.2) is 0 Å². The average molecular weight is 183 g/mol. The predicted molar refractivity (Wildman–Crippen MR) is 44.6 cm³/mol. The zero-order chi connectivity index (χ0) is 7.98. The molecule has 0 aliphatic carbocycles. The maximum atomic E-state index is 10.4. The van der Waals surface area contributed by atoms with Crippen molar-refractivity contribution in [2.24, 2.45) is 5.92 Å². The van der Waals surface area contributed by atoms with Crippen molar-refractivity contribution in [3.8, 4) is 0 Å². The summed E-state index contributed by atoms with van der Waals surface area (Å²) in [7, 11) is 0. The van der Waals surface area contributed by atoms with Crippen LogP contribution in [0.1, 0.15) is 26.2 Å². The Kier molecular flexibility index (Phi) is 6.14. The minimum atomic E-state index is -0.279. The summed E-state index contributed by atoms with van der Waals surface area (Å²) in [6.07, 6.45) is 2.46. The van der Waals surface area contributed by atoms with Crippen molar-refractivity contribution >= 4 is 28.4 Å². The van der Waals surface area contributed by atoms with E-state index in [2.05, 4.69) is 6.92 Å². The van der Waals surface area contributed by atoms with Crippen LogP contribution in [0.15, 0.2) is 0 Å². The molecule has 0 aromatic heterocycles. The van der Waals surface area contributed by atoms with Gasteiger partial charge in [0.05, 0.1) is 0 Å². The van der Waals surface area contributed by atoms with Gasteiger partial charge in [0, 0.05) is 12.3 Å². The van der Waals surface area contributed by atoms with Gasteiger partial charge in [0.1, 0.15) is 0 Å². The standard InChI is InChI=1S/C7H12Cl2O/c1-2-3-6(5-8)4-7(9)10/h6H,2-5H2,1H3. The second kappa shape index (κ2) is 5.99. The first-order chi connectivity index (χ1) is 4.70. The van der Waals surface area contributed by atoms with E-state index in [-0.39, 0.29) is 11.2 Å². The number of hydrogen-bond donors (Lipinski definition) is 0. The van der Waals surface area contributed by atoms with Crippen molar-refractivity contribution < 1.29 is 4.79 Å². The lowest BCUT2D eigenvalue weighted by molar-refractivity contribution is -0.112. The fraction of sp³-hybridized carbons (Fsp3) is 0.857. The van der Waals surface area contributed by atoms with Crippen LogP contribution in [0.4, 0.5) is 0 Å². The van der Waals surface area contributed by atoms with Gasteiger partial charge < -0.3 is 0 Å². The Morgan fingerprint density at radius 1 is 1.60 bits per heavy atom. The van der Waals surface area contributed by atoms with Crippen molar-refractivity contribution in [3.63, 3.8) is 0 Å². The minimum absolute atomic E-state index is 0.275. The first-order valence-electron chi connectivity index (χ1n) is 3.45. The van der Waals surface area contributed by atoms with Crippen LogP contribution in [0.5, 0.6) is 0 Å². The Labute approximate surface area is 71.7 Å². The van der Waals surface area contributed by atoms with Crippen molar-refractivity contribution in [2.75, 3.05) is 5.88 Å². The number of halogens is 2. The topological polar surface area (TPSA) is 17.1 Å². The van der Waals surface area contributed by atoms with Crippen LogP contribution in [-0.2, 0) is 4.79 Å². The van der Waals surface area contributed by atoms with E-state index in [1.165, 1.54) is 0 Å². The summed E-state index contributed by atoms with van der Waals surface area (Å²) in [5.74, 6) is 0.809. The number of hydrogen-bond acceptors (Lipinski definition) is 1. The molecule has 0 heterocycles. The Hall–Kier alpha value is 0.250. The fourth-order valence-electron chi connectivity index (χ4n) is 0.869. The van der Waals surface area contributed by atoms with Crippen molar-refractivity contribution in [1.82, 2.24) is 0 Å². The molecule has 0 N–H and O–H groups in total. The number of carbonyl (C=O) groups excluding carboxylic acids is 1. The van der Waals surface area contributed by atoms with E-state index in [0.29, 0.717) is 12.3 Å². The van der Waals surface area contributed by atoms with Crippen LogP contribution in [-0.4, -0.2) is 11.1 Å². The molecule has 0 aliphatic heterocycles. The molecule has 3 heteroatoms. The van der Waals surface area contributed by atoms with Gasteiger partial charge in [0.2, 0.25) is 5.24 Å². The molecule has 0 amide bonds. The Bertz CT molecular complexity index is 104. The monoisotopic (exact) mass is 182 g/mol. The average Bonchev–Trinajstić information content (AvgIpc) is 1.86. The molecule has 60 valence electrons. The van der Waals surface area contributed by atoms with Crippen LogP contribution >= 0.6 is 23.2 Å². The molecule has 10 heavy (non-hydrogen) atoms. The third-order valence-electron chi connectivity index (χ3n) is 1.36. The smallest absolute Gasteiger partial charge is 0.221 e. The summed E-state index contributed by atoms with van der Waals surface area (Å²) in [6.45, 7) is 2.07. The lowest BCUT2D eigenvalue weighted by Gasteiger charge is -2.07. The lowest BCUT2D eigenvalue weighted by Crippen LogP contribution is -2.05. The molecule has 0 radical (unpaired) electrons. The van der Waals surface area contributed by atoms with E-state index in [1.54, 1.807) is 0 Å². The van der Waals surface area contributed by atoms with Crippen LogP contribution in [0.25, 0.3) is 0 Å². The molecular formula is C7H12Cl2O. The summed E-state index contributed by atoms with van der Waals surface area (Å²) < 4.78 is 0. The van der Waals surface area contributed by atoms with E-state index in [0.717, 1.165) is 12.8 Å². The van der Waals surface area contributed by atoms with Gasteiger partial charge in [-0.2, -0.15) is 0 Å². The fourth-order valence-corrected chi connectivity index (χ4v) is 1.35. The molecule has 0 aromatic carbocycles. The second-order valence-corrected chi connectivity index (χ2v) is 3.10. The van der Waals surface area contributed by atoms with E-state index in [4.69, 9.17) is 23.2 Å². The Balaban J connectivity index is 3.49. The molecule has 0 aliphatic rings. The van der Waals surface area contributed by atoms with E-state index in [9.17, 15) is 4.79 Å². The van der Waals surface area contributed by atoms with Crippen molar-refractivity contribution in [2.45, 2.75) is 26.2 Å². The zero-order valence-electron chi connectivity index (χ0n) is 6.07. The molecule has 0 saturated carbocycles. The summed E-state index contributed by atoms with van der Waals surface area (Å²) in [5, 5.41) is -0.279. The number of rotatable bonds is 5. The SMILES string of the molecule is CCCC(CCl)CC(=O)Cl. The maximum absolute atomic E-state index is 10.4. The van der Waals surface area contributed by atoms with Crippen LogP contribution in [0, 0.1) is 5.92 Å². The van der Waals surface area contributed by atoms with Gasteiger partial charge >= 0.3 is 0 Å². The normalized spacial score (nSPS) is 13.1. The Morgan fingerprint density at radius 2 is 2.20 bits per heavy atom. The molecule has 0 rings (SSSR count). The van der Waals surface area contributed by atoms with Gasteiger partial charge in [0.25, 0.3) is 0 Å². The summed E-state index contributed by atoms with van der Waals surface area (Å²) in [6, 6.07) is 0. The van der Waals surface area contributed by atoms with Gasteiger partial charge in [-0.05, 0) is 23.9 Å². The van der Waals surface area contributed by atoms with E-state index >= 15 is 0 Å². The maximum Gasteiger partial charge on any atom is 0.221 e. The highest BCUT2D eigenvalue weighted by Gasteiger charge is 2.09. The summed E-state index contributed by atoms with van der Waals surface area (Å²) in [5.41, 5.74) is 0. The molecule has 0 spiro atoms. The highest BCUT2D eigenvalue weighted by molar-refractivity contribution is 6.63. The molecule has 0 aromatic rings. The first-order valence-corrected chi connectivity index (χ1v) is 4.36. The largest absolute Gasteiger partial charge is 0.281 e. The zero-order valence-corrected chi connectivity index (χ0v) is 7.58. The third kappa shape index (κ3) is 5.07. The van der Waals surface area contributed by atoms with Crippen LogP contribution in [0.3, 0.4) is 0 Å². The molecule has 1 unspecified atom stereocenters. The predicted octanol–water partition coefficient (Wildman–Crippen LogP) is 2.80. The molecule has 1 atom stereocenters. The molecule has 1 nitrogen and oxygen atoms in total. The molecule has 0 bridgehead atoms. The number of alkyl halides is 1. The molecular weight excluding hydrogens is 171 g/mol. The van der Waals surface area contributed by atoms with Crippen molar-refractivity contribution in [1.29, 1.82) is 0 Å². The van der Waals surface area contributed by atoms with Gasteiger partial charge in [-0.3, -0.25) is 4.79 Å². The first kappa shape index (κ1) is 10.2. The quantitative estimate of drug-likeness (QED) is 0.473. The van der Waals surface area contributed by atoms with E-state index in [1.807, 2.05) is 0 Å². The van der Waals surface area contributed by atoms with E-state index < -0.39 is 0 Å². The molecule has 0 saturated heterocycles. The lowest BCUT2D eigenvalue weighted by atomic mass is 10.0. The van der Waals surface area contributed by atoms with Gasteiger partial charge in [-0.25, -0.2) is 0 Å². The minimum Gasteiger partial charge on any atom is -0.281 e. The van der Waals surface area contributed by atoms with Crippen molar-refractivity contribution in [3.05, 3.63) is 0 Å². The highest BCUT2D eigenvalue weighted by atomic mass is 35.5. The third-order valence-corrected chi connectivity index (χ3v) is 1.96. The number of carbonyl (C=O) groups is 1. The second-order valence-electron chi connectivity index (χ2n) is 2.37.